The van der Waals surface area contributed by atoms with Gasteiger partial charge in [0.2, 0.25) is 0 Å². The lowest BCUT2D eigenvalue weighted by Crippen LogP contribution is -2.28. The van der Waals surface area contributed by atoms with E-state index in [1.54, 1.807) is 48.4 Å². The predicted octanol–water partition coefficient (Wildman–Crippen LogP) is 7.01. The van der Waals surface area contributed by atoms with Crippen molar-refractivity contribution in [1.29, 1.82) is 0 Å². The van der Waals surface area contributed by atoms with Gasteiger partial charge in [0.05, 0.1) is 27.7 Å². The summed E-state index contributed by atoms with van der Waals surface area (Å²) in [6.45, 7) is 2.65. The Balaban J connectivity index is 1.57. The van der Waals surface area contributed by atoms with E-state index in [1.807, 2.05) is 25.1 Å². The van der Waals surface area contributed by atoms with Crippen LogP contribution in [-0.4, -0.2) is 40.7 Å². The summed E-state index contributed by atoms with van der Waals surface area (Å²) in [6.07, 6.45) is 1.78. The standard InChI is InChI=1S/C27H22BrClN2O5S/c1-3-31-25(32)23(37-27(31)30-20-10-6-18(7-11-20)26(33)34)14-17-12-21(28)24(22(13-17)35-2)36-15-16-4-8-19(29)9-5-16/h4-14H,3,15H2,1-2H3,(H,33,34). The van der Waals surface area contributed by atoms with Gasteiger partial charge in [-0.15, -0.1) is 0 Å². The molecule has 1 heterocycles. The Kier molecular flexibility index (Phi) is 8.58. The minimum atomic E-state index is -1.01. The number of benzene rings is 3. The van der Waals surface area contributed by atoms with Crippen LogP contribution in [0.5, 0.6) is 11.5 Å². The molecular formula is C27H22BrClN2O5S. The molecule has 7 nitrogen and oxygen atoms in total. The van der Waals surface area contributed by atoms with Crippen molar-refractivity contribution in [2.75, 3.05) is 13.7 Å². The number of carbonyl (C=O) groups is 2. The number of carboxylic acids is 1. The van der Waals surface area contributed by atoms with Gasteiger partial charge in [-0.25, -0.2) is 9.79 Å². The number of aliphatic imine (C=N–C) groups is 1. The van der Waals surface area contributed by atoms with E-state index in [0.717, 1.165) is 11.1 Å². The number of thioether (sulfide) groups is 1. The molecule has 0 radical (unpaired) electrons. The molecule has 1 saturated heterocycles. The van der Waals surface area contributed by atoms with Gasteiger partial charge in [-0.1, -0.05) is 23.7 Å². The van der Waals surface area contributed by atoms with Gasteiger partial charge in [-0.2, -0.15) is 0 Å². The van der Waals surface area contributed by atoms with E-state index < -0.39 is 5.97 Å². The molecule has 3 aromatic rings. The highest BCUT2D eigenvalue weighted by molar-refractivity contribution is 9.10. The molecule has 0 bridgehead atoms. The minimum Gasteiger partial charge on any atom is -0.493 e. The number of halogens is 2. The van der Waals surface area contributed by atoms with E-state index >= 15 is 0 Å². The number of likely N-dealkylation sites (N-methyl/N-ethyl adjacent to an activating group) is 1. The molecule has 1 N–H and O–H groups in total. The highest BCUT2D eigenvalue weighted by atomic mass is 79.9. The summed E-state index contributed by atoms with van der Waals surface area (Å²) in [5.41, 5.74) is 2.45. The third-order valence-corrected chi connectivity index (χ3v) is 7.24. The molecule has 1 aliphatic rings. The van der Waals surface area contributed by atoms with Crippen LogP contribution in [0, 0.1) is 0 Å². The Morgan fingerprint density at radius 3 is 2.49 bits per heavy atom. The molecule has 4 rings (SSSR count). The van der Waals surface area contributed by atoms with Crippen LogP contribution in [0.3, 0.4) is 0 Å². The molecule has 0 spiro atoms. The summed E-state index contributed by atoms with van der Waals surface area (Å²) in [6, 6.07) is 17.2. The lowest BCUT2D eigenvalue weighted by Gasteiger charge is -2.14. The lowest BCUT2D eigenvalue weighted by atomic mass is 10.1. The smallest absolute Gasteiger partial charge is 0.335 e. The Morgan fingerprint density at radius 2 is 1.86 bits per heavy atom. The van der Waals surface area contributed by atoms with E-state index in [4.69, 9.17) is 26.2 Å². The average Bonchev–Trinajstić information content (AvgIpc) is 3.17. The van der Waals surface area contributed by atoms with Crippen LogP contribution >= 0.6 is 39.3 Å². The van der Waals surface area contributed by atoms with Crippen molar-refractivity contribution in [3.8, 4) is 11.5 Å². The zero-order valence-corrected chi connectivity index (χ0v) is 23.1. The van der Waals surface area contributed by atoms with E-state index in [-0.39, 0.29) is 11.5 Å². The Bertz CT molecular complexity index is 1390. The number of carbonyl (C=O) groups excluding carboxylic acids is 1. The summed E-state index contributed by atoms with van der Waals surface area (Å²) in [5.74, 6) is -0.0998. The number of amides is 1. The SMILES string of the molecule is CCN1C(=O)C(=Cc2cc(Br)c(OCc3ccc(Cl)cc3)c(OC)c2)SC1=Nc1ccc(C(=O)O)cc1. The summed E-state index contributed by atoms with van der Waals surface area (Å²) in [4.78, 5) is 30.8. The highest BCUT2D eigenvalue weighted by Gasteiger charge is 2.32. The highest BCUT2D eigenvalue weighted by Crippen LogP contribution is 2.40. The maximum absolute atomic E-state index is 13.1. The second-order valence-electron chi connectivity index (χ2n) is 7.86. The fourth-order valence-electron chi connectivity index (χ4n) is 3.51. The zero-order chi connectivity index (χ0) is 26.5. The Morgan fingerprint density at radius 1 is 1.16 bits per heavy atom. The monoisotopic (exact) mass is 600 g/mol. The summed E-state index contributed by atoms with van der Waals surface area (Å²) in [7, 11) is 1.56. The van der Waals surface area contributed by atoms with E-state index in [0.29, 0.717) is 49.9 Å². The number of nitrogens with zero attached hydrogens (tertiary/aromatic N) is 2. The molecule has 0 aromatic heterocycles. The van der Waals surface area contributed by atoms with Gasteiger partial charge >= 0.3 is 5.97 Å². The molecule has 0 atom stereocenters. The van der Waals surface area contributed by atoms with Gasteiger partial charge in [-0.3, -0.25) is 9.69 Å². The molecule has 1 fully saturated rings. The van der Waals surface area contributed by atoms with Crippen LogP contribution in [0.2, 0.25) is 5.02 Å². The van der Waals surface area contributed by atoms with Crippen LogP contribution in [0.4, 0.5) is 5.69 Å². The fourth-order valence-corrected chi connectivity index (χ4v) is 5.27. The molecule has 10 heteroatoms. The van der Waals surface area contributed by atoms with Gasteiger partial charge in [0.25, 0.3) is 5.91 Å². The van der Waals surface area contributed by atoms with Crippen LogP contribution in [-0.2, 0) is 11.4 Å². The summed E-state index contributed by atoms with van der Waals surface area (Å²) in [5, 5.41) is 10.3. The fraction of sp³-hybridized carbons (Fsp3) is 0.148. The van der Waals surface area contributed by atoms with Gasteiger partial charge < -0.3 is 14.6 Å². The van der Waals surface area contributed by atoms with Crippen molar-refractivity contribution in [2.24, 2.45) is 4.99 Å². The lowest BCUT2D eigenvalue weighted by molar-refractivity contribution is -0.122. The van der Waals surface area contributed by atoms with Crippen molar-refractivity contribution in [3.05, 3.63) is 91.8 Å². The maximum atomic E-state index is 13.1. The predicted molar refractivity (Wildman–Crippen MR) is 150 cm³/mol. The number of ether oxygens (including phenoxy) is 2. The van der Waals surface area contributed by atoms with Crippen molar-refractivity contribution in [2.45, 2.75) is 13.5 Å². The summed E-state index contributed by atoms with van der Waals surface area (Å²) >= 11 is 10.8. The molecule has 190 valence electrons. The molecule has 1 aliphatic heterocycles. The number of hydrogen-bond acceptors (Lipinski definition) is 6. The van der Waals surface area contributed by atoms with Crippen molar-refractivity contribution < 1.29 is 24.2 Å². The molecule has 1 amide bonds. The van der Waals surface area contributed by atoms with E-state index in [2.05, 4.69) is 20.9 Å². The molecule has 0 saturated carbocycles. The molecule has 0 unspecified atom stereocenters. The second kappa shape index (κ2) is 11.9. The quantitative estimate of drug-likeness (QED) is 0.279. The number of methoxy groups -OCH3 is 1. The van der Waals surface area contributed by atoms with Crippen LogP contribution < -0.4 is 9.47 Å². The molecular weight excluding hydrogens is 580 g/mol. The van der Waals surface area contributed by atoms with Crippen molar-refractivity contribution >= 4 is 68.1 Å². The first-order valence-corrected chi connectivity index (χ1v) is 13.2. The van der Waals surface area contributed by atoms with Crippen molar-refractivity contribution in [3.63, 3.8) is 0 Å². The normalized spacial score (nSPS) is 15.5. The maximum Gasteiger partial charge on any atom is 0.335 e. The largest absolute Gasteiger partial charge is 0.493 e. The van der Waals surface area contributed by atoms with Gasteiger partial charge in [0, 0.05) is 11.6 Å². The third-order valence-electron chi connectivity index (χ3n) is 5.39. The number of aromatic carboxylic acids is 1. The van der Waals surface area contributed by atoms with Crippen molar-refractivity contribution in [1.82, 2.24) is 4.90 Å². The molecule has 37 heavy (non-hydrogen) atoms. The van der Waals surface area contributed by atoms with E-state index in [1.165, 1.54) is 23.9 Å². The van der Waals surface area contributed by atoms with Gasteiger partial charge in [0.15, 0.2) is 16.7 Å². The van der Waals surface area contributed by atoms with E-state index in [9.17, 15) is 9.59 Å². The first-order valence-electron chi connectivity index (χ1n) is 11.2. The Hall–Kier alpha value is -3.27. The van der Waals surface area contributed by atoms with Crippen LogP contribution in [0.1, 0.15) is 28.4 Å². The third kappa shape index (κ3) is 6.36. The van der Waals surface area contributed by atoms with Crippen LogP contribution in [0.15, 0.2) is 75.0 Å². The number of amidine groups is 1. The number of hydrogen-bond donors (Lipinski definition) is 1. The number of rotatable bonds is 8. The molecule has 0 aliphatic carbocycles. The number of carboxylic acid groups (broad SMARTS) is 1. The average molecular weight is 602 g/mol. The second-order valence-corrected chi connectivity index (χ2v) is 10.2. The Labute approximate surface area is 231 Å². The molecule has 3 aromatic carbocycles. The van der Waals surface area contributed by atoms with Gasteiger partial charge in [-0.05, 0) is 100 Å². The topological polar surface area (TPSA) is 88.4 Å². The summed E-state index contributed by atoms with van der Waals surface area (Å²) < 4.78 is 12.2. The van der Waals surface area contributed by atoms with Crippen LogP contribution in [0.25, 0.3) is 6.08 Å². The van der Waals surface area contributed by atoms with Gasteiger partial charge in [0.1, 0.15) is 6.61 Å². The zero-order valence-electron chi connectivity index (χ0n) is 19.9. The minimum absolute atomic E-state index is 0.161. The first kappa shape index (κ1) is 26.8. The first-order chi connectivity index (χ1) is 17.8.